The van der Waals surface area contributed by atoms with Gasteiger partial charge in [0, 0.05) is 44.0 Å². The molecule has 1 aromatic carbocycles. The number of thioether (sulfide) groups is 1. The molecule has 2 atom stereocenters. The van der Waals surface area contributed by atoms with Crippen molar-refractivity contribution in [2.75, 3.05) is 25.1 Å². The van der Waals surface area contributed by atoms with Crippen LogP contribution >= 0.6 is 11.8 Å². The van der Waals surface area contributed by atoms with Crippen molar-refractivity contribution in [1.82, 2.24) is 40.5 Å². The molecule has 3 N–H and O–H groups in total. The number of nitrogens with zero attached hydrogens (tertiary/aromatic N) is 5. The highest BCUT2D eigenvalue weighted by atomic mass is 32.2. The molecule has 0 saturated heterocycles. The Morgan fingerprint density at radius 2 is 1.84 bits per heavy atom. The summed E-state index contributed by atoms with van der Waals surface area (Å²) in [6.45, 7) is 5.09. The van der Waals surface area contributed by atoms with Crippen molar-refractivity contribution in [2.45, 2.75) is 64.6 Å². The number of fused-ring (bicyclic) bond motifs is 1. The zero-order valence-electron chi connectivity index (χ0n) is 24.9. The molecule has 0 spiro atoms. The number of carbonyl (C=O) groups is 3. The third kappa shape index (κ3) is 8.99. The monoisotopic (exact) mass is 608 g/mol. The molecule has 0 unspecified atom stereocenters. The van der Waals surface area contributed by atoms with Gasteiger partial charge in [-0.25, -0.2) is 14.8 Å². The van der Waals surface area contributed by atoms with E-state index in [1.54, 1.807) is 27.4 Å². The van der Waals surface area contributed by atoms with Gasteiger partial charge in [-0.15, -0.1) is 0 Å². The van der Waals surface area contributed by atoms with Gasteiger partial charge < -0.3 is 15.5 Å². The number of aromatic nitrogens is 5. The lowest BCUT2D eigenvalue weighted by molar-refractivity contribution is -0.132. The fraction of sp³-hybridized carbons (Fsp3) is 0.500. The Morgan fingerprint density at radius 3 is 2.53 bits per heavy atom. The molecule has 4 rings (SSSR count). The molecule has 3 amide bonds. The zero-order chi connectivity index (χ0) is 30.8. The van der Waals surface area contributed by atoms with Crippen LogP contribution in [0.3, 0.4) is 0 Å². The molecule has 1 aliphatic heterocycles. The van der Waals surface area contributed by atoms with E-state index in [0.717, 1.165) is 5.56 Å². The summed E-state index contributed by atoms with van der Waals surface area (Å²) in [5.74, 6) is 1.26. The molecule has 1 aliphatic rings. The van der Waals surface area contributed by atoms with Gasteiger partial charge in [0.1, 0.15) is 6.04 Å². The molecule has 0 bridgehead atoms. The van der Waals surface area contributed by atoms with E-state index >= 15 is 0 Å². The predicted octanol–water partition coefficient (Wildman–Crippen LogP) is 2.33. The van der Waals surface area contributed by atoms with Crippen molar-refractivity contribution >= 4 is 29.5 Å². The number of carbonyl (C=O) groups excluding carboxylic acids is 3. The van der Waals surface area contributed by atoms with Crippen LogP contribution in [0.15, 0.2) is 47.3 Å². The van der Waals surface area contributed by atoms with Crippen LogP contribution in [0.25, 0.3) is 11.4 Å². The van der Waals surface area contributed by atoms with Crippen LogP contribution in [0.1, 0.15) is 57.1 Å². The first-order chi connectivity index (χ1) is 20.7. The second kappa shape index (κ2) is 15.5. The lowest BCUT2D eigenvalue weighted by Crippen LogP contribution is -2.49. The minimum absolute atomic E-state index is 0.0251. The van der Waals surface area contributed by atoms with Gasteiger partial charge in [-0.2, -0.15) is 22.0 Å². The number of amides is 3. The van der Waals surface area contributed by atoms with Gasteiger partial charge in [-0.05, 0) is 36.8 Å². The van der Waals surface area contributed by atoms with Crippen LogP contribution in [0.5, 0.6) is 0 Å². The first kappa shape index (κ1) is 31.9. The quantitative estimate of drug-likeness (QED) is 0.352. The van der Waals surface area contributed by atoms with E-state index in [4.69, 9.17) is 10.1 Å². The Balaban J connectivity index is 1.65. The Labute approximate surface area is 255 Å². The normalized spacial score (nSPS) is 18.5. The first-order valence-electron chi connectivity index (χ1n) is 14.7. The SMILES string of the molecule is CSCC[C@@H]1NC(=O)CCCN(C(=O)CCc2ccc(=O)[nH]n2)CCn2nc(-c3ccccc3)nc2[C@@H](C(C)C)NC1=O. The van der Waals surface area contributed by atoms with Gasteiger partial charge in [0.2, 0.25) is 17.7 Å². The summed E-state index contributed by atoms with van der Waals surface area (Å²) in [6.07, 6.45) is 3.67. The second-order valence-electron chi connectivity index (χ2n) is 10.9. The molecule has 3 heterocycles. The molecule has 2 aromatic heterocycles. The molecule has 13 heteroatoms. The fourth-order valence-electron chi connectivity index (χ4n) is 4.93. The van der Waals surface area contributed by atoms with Crippen molar-refractivity contribution in [3.05, 3.63) is 64.3 Å². The molecule has 3 aromatic rings. The number of H-pyrrole nitrogens is 1. The number of aromatic amines is 1. The van der Waals surface area contributed by atoms with Gasteiger partial charge in [0.25, 0.3) is 5.56 Å². The van der Waals surface area contributed by atoms with E-state index in [2.05, 4.69) is 20.8 Å². The topological polar surface area (TPSA) is 155 Å². The average Bonchev–Trinajstić information content (AvgIpc) is 3.42. The van der Waals surface area contributed by atoms with Crippen LogP contribution < -0.4 is 16.2 Å². The van der Waals surface area contributed by atoms with Crippen LogP contribution in [-0.2, 0) is 27.3 Å². The Bertz CT molecular complexity index is 1420. The number of nitrogens with one attached hydrogen (secondary N) is 3. The highest BCUT2D eigenvalue weighted by Crippen LogP contribution is 2.25. The van der Waals surface area contributed by atoms with Crippen molar-refractivity contribution in [2.24, 2.45) is 5.92 Å². The van der Waals surface area contributed by atoms with Crippen LogP contribution in [0.4, 0.5) is 0 Å². The standard InChI is InChI=1S/C30H40N8O4S/c1-20(2)27-29-33-28(21-8-5-4-6-9-21)36-38(29)18-17-37(26(41)14-12-22-11-13-25(40)35-34-22)16-7-10-24(39)31-23(15-19-43-3)30(42)32-27/h4-6,8-9,11,13,20,23,27H,7,10,12,14-19H2,1-3H3,(H,31,39)(H,32,42)(H,35,40)/t23-,27+/m0/s1. The third-order valence-electron chi connectivity index (χ3n) is 7.34. The summed E-state index contributed by atoms with van der Waals surface area (Å²) in [6, 6.07) is 11.5. The van der Waals surface area contributed by atoms with Crippen LogP contribution in [0, 0.1) is 5.92 Å². The Kier molecular flexibility index (Phi) is 11.5. The largest absolute Gasteiger partial charge is 0.344 e. The second-order valence-corrected chi connectivity index (χ2v) is 11.9. The van der Waals surface area contributed by atoms with Gasteiger partial charge in [-0.1, -0.05) is 44.2 Å². The summed E-state index contributed by atoms with van der Waals surface area (Å²) in [5, 5.41) is 17.3. The van der Waals surface area contributed by atoms with E-state index in [0.29, 0.717) is 62.0 Å². The minimum atomic E-state index is -0.684. The number of aryl methyl sites for hydroxylation is 1. The zero-order valence-corrected chi connectivity index (χ0v) is 25.7. The highest BCUT2D eigenvalue weighted by molar-refractivity contribution is 7.98. The molecule has 12 nitrogen and oxygen atoms in total. The summed E-state index contributed by atoms with van der Waals surface area (Å²) in [7, 11) is 0. The van der Waals surface area contributed by atoms with Crippen molar-refractivity contribution in [3.63, 3.8) is 0 Å². The van der Waals surface area contributed by atoms with E-state index in [9.17, 15) is 19.2 Å². The van der Waals surface area contributed by atoms with E-state index in [1.807, 2.05) is 50.4 Å². The smallest absolute Gasteiger partial charge is 0.264 e. The van der Waals surface area contributed by atoms with Crippen molar-refractivity contribution in [1.29, 1.82) is 0 Å². The fourth-order valence-corrected chi connectivity index (χ4v) is 5.40. The van der Waals surface area contributed by atoms with Gasteiger partial charge in [-0.3, -0.25) is 19.2 Å². The highest BCUT2D eigenvalue weighted by Gasteiger charge is 2.30. The number of rotatable bonds is 8. The van der Waals surface area contributed by atoms with Gasteiger partial charge in [0.05, 0.1) is 18.3 Å². The third-order valence-corrected chi connectivity index (χ3v) is 7.98. The molecule has 0 radical (unpaired) electrons. The maximum Gasteiger partial charge on any atom is 0.264 e. The molecule has 0 saturated carbocycles. The minimum Gasteiger partial charge on any atom is -0.344 e. The first-order valence-corrected chi connectivity index (χ1v) is 16.1. The Morgan fingerprint density at radius 1 is 1.05 bits per heavy atom. The van der Waals surface area contributed by atoms with Gasteiger partial charge in [0.15, 0.2) is 11.6 Å². The van der Waals surface area contributed by atoms with Crippen LogP contribution in [0.2, 0.25) is 0 Å². The van der Waals surface area contributed by atoms with E-state index in [1.165, 1.54) is 6.07 Å². The van der Waals surface area contributed by atoms with E-state index < -0.39 is 12.1 Å². The maximum atomic E-state index is 13.5. The number of hydrogen-bond donors (Lipinski definition) is 3. The summed E-state index contributed by atoms with van der Waals surface area (Å²) < 4.78 is 1.79. The van der Waals surface area contributed by atoms with Gasteiger partial charge >= 0.3 is 0 Å². The average molecular weight is 609 g/mol. The Hall–Kier alpha value is -4.00. The number of hydrogen-bond acceptors (Lipinski definition) is 8. The lowest BCUT2D eigenvalue weighted by atomic mass is 10.0. The summed E-state index contributed by atoms with van der Waals surface area (Å²) >= 11 is 1.61. The maximum absolute atomic E-state index is 13.5. The summed E-state index contributed by atoms with van der Waals surface area (Å²) in [5.41, 5.74) is 1.17. The number of benzene rings is 1. The molecular formula is C30H40N8O4S. The lowest BCUT2D eigenvalue weighted by Gasteiger charge is -2.28. The van der Waals surface area contributed by atoms with Crippen molar-refractivity contribution in [3.8, 4) is 11.4 Å². The molecule has 230 valence electrons. The van der Waals surface area contributed by atoms with Crippen LogP contribution in [-0.4, -0.2) is 78.7 Å². The van der Waals surface area contributed by atoms with Crippen molar-refractivity contribution < 1.29 is 14.4 Å². The molecule has 0 fully saturated rings. The predicted molar refractivity (Wildman–Crippen MR) is 165 cm³/mol. The molecule has 43 heavy (non-hydrogen) atoms. The summed E-state index contributed by atoms with van der Waals surface area (Å²) in [4.78, 5) is 57.8. The van der Waals surface area contributed by atoms with E-state index in [-0.39, 0.29) is 42.0 Å². The molecule has 0 aliphatic carbocycles. The molecular weight excluding hydrogens is 568 g/mol.